The lowest BCUT2D eigenvalue weighted by molar-refractivity contribution is 0.00361. The quantitative estimate of drug-likeness (QED) is 0.496. The standard InChI is InChI=1S/C22H38O5/c1-21(2,3)18-22(4,5)19-6-8-20(9-7-19)27-17-16-26-15-14-25-13-12-24-11-10-23/h6-9,23H,10-18H2,1-5H3. The van der Waals surface area contributed by atoms with Gasteiger partial charge in [-0.1, -0.05) is 46.8 Å². The van der Waals surface area contributed by atoms with Crippen LogP contribution in [0.5, 0.6) is 5.75 Å². The van der Waals surface area contributed by atoms with Gasteiger partial charge in [-0.25, -0.2) is 0 Å². The Morgan fingerprint density at radius 1 is 0.704 bits per heavy atom. The van der Waals surface area contributed by atoms with Gasteiger partial charge in [0.25, 0.3) is 0 Å². The molecule has 0 radical (unpaired) electrons. The summed E-state index contributed by atoms with van der Waals surface area (Å²) in [5, 5.41) is 8.56. The number of hydrogen-bond donors (Lipinski definition) is 1. The normalized spacial score (nSPS) is 12.4. The molecule has 0 aliphatic carbocycles. The maximum Gasteiger partial charge on any atom is 0.119 e. The van der Waals surface area contributed by atoms with E-state index in [4.69, 9.17) is 24.1 Å². The summed E-state index contributed by atoms with van der Waals surface area (Å²) >= 11 is 0. The molecular weight excluding hydrogens is 344 g/mol. The third-order valence-electron chi connectivity index (χ3n) is 4.08. The zero-order chi connectivity index (χ0) is 20.2. The predicted molar refractivity (Wildman–Crippen MR) is 109 cm³/mol. The Balaban J connectivity index is 2.16. The second-order valence-electron chi connectivity index (χ2n) is 8.55. The summed E-state index contributed by atoms with van der Waals surface area (Å²) in [6, 6.07) is 8.40. The Hall–Kier alpha value is -1.14. The maximum atomic E-state index is 8.56. The van der Waals surface area contributed by atoms with E-state index in [0.717, 1.165) is 12.2 Å². The minimum Gasteiger partial charge on any atom is -0.491 e. The van der Waals surface area contributed by atoms with Crippen molar-refractivity contribution in [3.8, 4) is 5.75 Å². The van der Waals surface area contributed by atoms with Crippen LogP contribution in [0.4, 0.5) is 0 Å². The first-order valence-electron chi connectivity index (χ1n) is 9.82. The van der Waals surface area contributed by atoms with Crippen LogP contribution in [-0.4, -0.2) is 58.0 Å². The lowest BCUT2D eigenvalue weighted by Gasteiger charge is -2.33. The van der Waals surface area contributed by atoms with Crippen molar-refractivity contribution in [3.63, 3.8) is 0 Å². The molecule has 0 aliphatic heterocycles. The molecule has 0 atom stereocenters. The molecule has 0 saturated carbocycles. The molecule has 1 aromatic rings. The molecule has 0 fully saturated rings. The molecule has 5 heteroatoms. The number of rotatable bonds is 14. The summed E-state index contributed by atoms with van der Waals surface area (Å²) in [7, 11) is 0. The van der Waals surface area contributed by atoms with Crippen molar-refractivity contribution in [2.45, 2.75) is 46.5 Å². The van der Waals surface area contributed by atoms with Gasteiger partial charge in [-0.3, -0.25) is 0 Å². The Kier molecular flexibility index (Phi) is 10.9. The third kappa shape index (κ3) is 11.3. The van der Waals surface area contributed by atoms with Crippen LogP contribution in [0.3, 0.4) is 0 Å². The van der Waals surface area contributed by atoms with Gasteiger partial charge in [0.2, 0.25) is 0 Å². The minimum atomic E-state index is 0.0422. The molecule has 1 N–H and O–H groups in total. The first-order valence-corrected chi connectivity index (χ1v) is 9.82. The van der Waals surface area contributed by atoms with Gasteiger partial charge in [0.05, 0.1) is 46.2 Å². The molecule has 1 rings (SSSR count). The van der Waals surface area contributed by atoms with Crippen LogP contribution in [0.2, 0.25) is 0 Å². The highest BCUT2D eigenvalue weighted by molar-refractivity contribution is 5.31. The van der Waals surface area contributed by atoms with Crippen LogP contribution in [0.25, 0.3) is 0 Å². The van der Waals surface area contributed by atoms with Gasteiger partial charge in [0.15, 0.2) is 0 Å². The van der Waals surface area contributed by atoms with Crippen LogP contribution in [-0.2, 0) is 19.6 Å². The fraction of sp³-hybridized carbons (Fsp3) is 0.727. The lowest BCUT2D eigenvalue weighted by Crippen LogP contribution is -2.24. The largest absolute Gasteiger partial charge is 0.491 e. The van der Waals surface area contributed by atoms with E-state index >= 15 is 0 Å². The van der Waals surface area contributed by atoms with Gasteiger partial charge in [0, 0.05) is 0 Å². The van der Waals surface area contributed by atoms with E-state index in [1.54, 1.807) is 0 Å². The van der Waals surface area contributed by atoms with Gasteiger partial charge in [-0.2, -0.15) is 0 Å². The van der Waals surface area contributed by atoms with Crippen molar-refractivity contribution in [1.29, 1.82) is 0 Å². The van der Waals surface area contributed by atoms with Crippen molar-refractivity contribution in [3.05, 3.63) is 29.8 Å². The monoisotopic (exact) mass is 382 g/mol. The Morgan fingerprint density at radius 2 is 1.19 bits per heavy atom. The van der Waals surface area contributed by atoms with Crippen molar-refractivity contribution in [2.75, 3.05) is 52.9 Å². The van der Waals surface area contributed by atoms with E-state index in [9.17, 15) is 0 Å². The molecule has 0 spiro atoms. The number of aliphatic hydroxyl groups excluding tert-OH is 1. The Labute approximate surface area is 165 Å². The molecule has 0 saturated heterocycles. The molecule has 0 bridgehead atoms. The van der Waals surface area contributed by atoms with Crippen LogP contribution < -0.4 is 4.74 Å². The van der Waals surface area contributed by atoms with Gasteiger partial charge in [-0.05, 0) is 34.9 Å². The second-order valence-corrected chi connectivity index (χ2v) is 8.55. The van der Waals surface area contributed by atoms with Gasteiger partial charge in [0.1, 0.15) is 12.4 Å². The number of aliphatic hydroxyl groups is 1. The summed E-state index contributed by atoms with van der Waals surface area (Å²) in [6.45, 7) is 14.9. The lowest BCUT2D eigenvalue weighted by atomic mass is 9.72. The Bertz CT molecular complexity index is 490. The number of benzene rings is 1. The topological polar surface area (TPSA) is 57.2 Å². The molecular formula is C22H38O5. The summed E-state index contributed by atoms with van der Waals surface area (Å²) in [5.74, 6) is 0.867. The highest BCUT2D eigenvalue weighted by atomic mass is 16.6. The fourth-order valence-corrected chi connectivity index (χ4v) is 3.26. The van der Waals surface area contributed by atoms with Crippen molar-refractivity contribution in [2.24, 2.45) is 5.41 Å². The second kappa shape index (κ2) is 12.3. The maximum absolute atomic E-state index is 8.56. The molecule has 0 unspecified atom stereocenters. The van der Waals surface area contributed by atoms with Crippen LogP contribution in [0, 0.1) is 5.41 Å². The molecule has 0 heterocycles. The van der Waals surface area contributed by atoms with E-state index in [-0.39, 0.29) is 12.0 Å². The highest BCUT2D eigenvalue weighted by Gasteiger charge is 2.27. The molecule has 156 valence electrons. The SMILES string of the molecule is CC(C)(C)CC(C)(C)c1ccc(OCCOCCOCCOCCO)cc1. The number of hydrogen-bond acceptors (Lipinski definition) is 5. The molecule has 0 aliphatic rings. The van der Waals surface area contributed by atoms with Gasteiger partial charge < -0.3 is 24.1 Å². The molecule has 0 aromatic heterocycles. The average Bonchev–Trinajstić information content (AvgIpc) is 2.58. The van der Waals surface area contributed by atoms with Crippen LogP contribution in [0.15, 0.2) is 24.3 Å². The molecule has 1 aromatic carbocycles. The molecule has 27 heavy (non-hydrogen) atoms. The molecule has 5 nitrogen and oxygen atoms in total. The first kappa shape index (κ1) is 23.9. The third-order valence-corrected chi connectivity index (χ3v) is 4.08. The molecule has 0 amide bonds. The van der Waals surface area contributed by atoms with Crippen LogP contribution >= 0.6 is 0 Å². The van der Waals surface area contributed by atoms with Gasteiger partial charge >= 0.3 is 0 Å². The average molecular weight is 383 g/mol. The Morgan fingerprint density at radius 3 is 1.67 bits per heavy atom. The van der Waals surface area contributed by atoms with Crippen molar-refractivity contribution in [1.82, 2.24) is 0 Å². The van der Waals surface area contributed by atoms with E-state index in [1.807, 2.05) is 12.1 Å². The zero-order valence-corrected chi connectivity index (χ0v) is 17.8. The first-order chi connectivity index (χ1) is 12.7. The highest BCUT2D eigenvalue weighted by Crippen LogP contribution is 2.36. The predicted octanol–water partition coefficient (Wildman–Crippen LogP) is 3.82. The smallest absolute Gasteiger partial charge is 0.119 e. The fourth-order valence-electron chi connectivity index (χ4n) is 3.26. The summed E-state index contributed by atoms with van der Waals surface area (Å²) in [5.41, 5.74) is 1.77. The summed E-state index contributed by atoms with van der Waals surface area (Å²) < 4.78 is 21.7. The van der Waals surface area contributed by atoms with E-state index < -0.39 is 0 Å². The number of ether oxygens (including phenoxy) is 4. The van der Waals surface area contributed by atoms with E-state index in [1.165, 1.54) is 5.56 Å². The van der Waals surface area contributed by atoms with E-state index in [0.29, 0.717) is 51.7 Å². The van der Waals surface area contributed by atoms with E-state index in [2.05, 4.69) is 46.8 Å². The van der Waals surface area contributed by atoms with Gasteiger partial charge in [-0.15, -0.1) is 0 Å². The minimum absolute atomic E-state index is 0.0422. The summed E-state index contributed by atoms with van der Waals surface area (Å²) in [6.07, 6.45) is 1.13. The zero-order valence-electron chi connectivity index (χ0n) is 17.8. The summed E-state index contributed by atoms with van der Waals surface area (Å²) in [4.78, 5) is 0. The van der Waals surface area contributed by atoms with Crippen molar-refractivity contribution >= 4 is 0 Å². The van der Waals surface area contributed by atoms with Crippen LogP contribution in [0.1, 0.15) is 46.6 Å². The van der Waals surface area contributed by atoms with Crippen molar-refractivity contribution < 1.29 is 24.1 Å².